The van der Waals surface area contributed by atoms with Crippen molar-refractivity contribution in [3.05, 3.63) is 12.4 Å². The van der Waals surface area contributed by atoms with Crippen LogP contribution >= 0.6 is 0 Å². The Balaban J connectivity index is 2.24. The van der Waals surface area contributed by atoms with Crippen LogP contribution in [0.1, 0.15) is 27.2 Å². The SMILES string of the molecule is CCOc1cc(NCCCOC(C)C)ncn1. The number of hydrogen-bond donors (Lipinski definition) is 1. The topological polar surface area (TPSA) is 56.3 Å². The molecule has 0 bridgehead atoms. The van der Waals surface area contributed by atoms with E-state index in [1.54, 1.807) is 6.07 Å². The fourth-order valence-electron chi connectivity index (χ4n) is 1.27. The summed E-state index contributed by atoms with van der Waals surface area (Å²) >= 11 is 0. The van der Waals surface area contributed by atoms with Gasteiger partial charge in [0.1, 0.15) is 12.1 Å². The summed E-state index contributed by atoms with van der Waals surface area (Å²) in [4.78, 5) is 8.11. The lowest BCUT2D eigenvalue weighted by atomic mass is 10.4. The molecule has 0 saturated heterocycles. The third-order valence-electron chi connectivity index (χ3n) is 2.01. The Kier molecular flexibility index (Phi) is 6.32. The maximum Gasteiger partial charge on any atom is 0.218 e. The first-order valence-electron chi connectivity index (χ1n) is 6.02. The van der Waals surface area contributed by atoms with E-state index < -0.39 is 0 Å². The van der Waals surface area contributed by atoms with Crippen LogP contribution in [0.3, 0.4) is 0 Å². The summed E-state index contributed by atoms with van der Waals surface area (Å²) in [6, 6.07) is 1.80. The van der Waals surface area contributed by atoms with Crippen LogP contribution in [0.2, 0.25) is 0 Å². The minimum absolute atomic E-state index is 0.290. The van der Waals surface area contributed by atoms with E-state index >= 15 is 0 Å². The van der Waals surface area contributed by atoms with E-state index in [1.165, 1.54) is 6.33 Å². The molecule has 0 aliphatic carbocycles. The van der Waals surface area contributed by atoms with Crippen LogP contribution in [0.25, 0.3) is 0 Å². The fraction of sp³-hybridized carbons (Fsp3) is 0.667. The summed E-state index contributed by atoms with van der Waals surface area (Å²) in [5.74, 6) is 1.39. The predicted molar refractivity (Wildman–Crippen MR) is 67.4 cm³/mol. The van der Waals surface area contributed by atoms with Crippen molar-refractivity contribution in [1.82, 2.24) is 9.97 Å². The Morgan fingerprint density at radius 2 is 2.18 bits per heavy atom. The van der Waals surface area contributed by atoms with E-state index in [4.69, 9.17) is 9.47 Å². The molecule has 0 atom stereocenters. The minimum Gasteiger partial charge on any atom is -0.478 e. The molecule has 5 heteroatoms. The van der Waals surface area contributed by atoms with Gasteiger partial charge in [-0.2, -0.15) is 0 Å². The summed E-state index contributed by atoms with van der Waals surface area (Å²) < 4.78 is 10.7. The van der Waals surface area contributed by atoms with Crippen molar-refractivity contribution < 1.29 is 9.47 Å². The number of nitrogens with zero attached hydrogens (tertiary/aromatic N) is 2. The van der Waals surface area contributed by atoms with Gasteiger partial charge < -0.3 is 14.8 Å². The number of hydrogen-bond acceptors (Lipinski definition) is 5. The van der Waals surface area contributed by atoms with Gasteiger partial charge in [-0.1, -0.05) is 0 Å². The van der Waals surface area contributed by atoms with Crippen molar-refractivity contribution in [2.45, 2.75) is 33.3 Å². The second-order valence-electron chi connectivity index (χ2n) is 3.87. The van der Waals surface area contributed by atoms with Gasteiger partial charge in [0, 0.05) is 19.2 Å². The number of anilines is 1. The Hall–Kier alpha value is -1.36. The molecule has 1 aromatic rings. The second kappa shape index (κ2) is 7.84. The molecule has 5 nitrogen and oxygen atoms in total. The molecule has 0 spiro atoms. The summed E-state index contributed by atoms with van der Waals surface area (Å²) in [5, 5.41) is 3.21. The van der Waals surface area contributed by atoms with Gasteiger partial charge in [0.15, 0.2) is 0 Å². The number of rotatable bonds is 8. The third kappa shape index (κ3) is 6.06. The molecule has 0 aliphatic rings. The van der Waals surface area contributed by atoms with Crippen molar-refractivity contribution in [1.29, 1.82) is 0 Å². The number of nitrogens with one attached hydrogen (secondary N) is 1. The van der Waals surface area contributed by atoms with E-state index in [0.717, 1.165) is 25.4 Å². The Morgan fingerprint density at radius 3 is 2.88 bits per heavy atom. The lowest BCUT2D eigenvalue weighted by Crippen LogP contribution is -2.10. The molecule has 0 amide bonds. The lowest BCUT2D eigenvalue weighted by molar-refractivity contribution is 0.0787. The third-order valence-corrected chi connectivity index (χ3v) is 2.01. The molecule has 96 valence electrons. The zero-order chi connectivity index (χ0) is 12.5. The van der Waals surface area contributed by atoms with Crippen molar-refractivity contribution in [2.24, 2.45) is 0 Å². The quantitative estimate of drug-likeness (QED) is 0.704. The molecule has 1 rings (SSSR count). The van der Waals surface area contributed by atoms with E-state index in [9.17, 15) is 0 Å². The van der Waals surface area contributed by atoms with Gasteiger partial charge in [-0.15, -0.1) is 0 Å². The molecule has 0 aliphatic heterocycles. The number of aromatic nitrogens is 2. The van der Waals surface area contributed by atoms with Crippen LogP contribution in [-0.2, 0) is 4.74 Å². The van der Waals surface area contributed by atoms with Gasteiger partial charge in [0.2, 0.25) is 5.88 Å². The van der Waals surface area contributed by atoms with E-state index in [-0.39, 0.29) is 0 Å². The molecule has 0 unspecified atom stereocenters. The molecule has 0 aromatic carbocycles. The Bertz CT molecular complexity index is 318. The molecule has 1 N–H and O–H groups in total. The van der Waals surface area contributed by atoms with Gasteiger partial charge in [0.05, 0.1) is 12.7 Å². The van der Waals surface area contributed by atoms with E-state index in [0.29, 0.717) is 18.6 Å². The van der Waals surface area contributed by atoms with Crippen LogP contribution in [0.4, 0.5) is 5.82 Å². The van der Waals surface area contributed by atoms with Crippen LogP contribution in [0.15, 0.2) is 12.4 Å². The van der Waals surface area contributed by atoms with Gasteiger partial charge in [-0.05, 0) is 27.2 Å². The molecule has 1 heterocycles. The maximum atomic E-state index is 5.44. The smallest absolute Gasteiger partial charge is 0.218 e. The highest BCUT2D eigenvalue weighted by atomic mass is 16.5. The largest absolute Gasteiger partial charge is 0.478 e. The van der Waals surface area contributed by atoms with Gasteiger partial charge >= 0.3 is 0 Å². The Morgan fingerprint density at radius 1 is 1.35 bits per heavy atom. The monoisotopic (exact) mass is 239 g/mol. The normalized spacial score (nSPS) is 10.6. The maximum absolute atomic E-state index is 5.44. The molecular formula is C12H21N3O2. The van der Waals surface area contributed by atoms with Crippen LogP contribution < -0.4 is 10.1 Å². The zero-order valence-corrected chi connectivity index (χ0v) is 10.8. The van der Waals surface area contributed by atoms with Crippen molar-refractivity contribution in [2.75, 3.05) is 25.1 Å². The van der Waals surface area contributed by atoms with Crippen molar-refractivity contribution >= 4 is 5.82 Å². The van der Waals surface area contributed by atoms with Crippen LogP contribution in [-0.4, -0.2) is 35.8 Å². The summed E-state index contributed by atoms with van der Waals surface area (Å²) in [6.45, 7) is 8.19. The van der Waals surface area contributed by atoms with Gasteiger partial charge in [0.25, 0.3) is 0 Å². The molecule has 0 radical (unpaired) electrons. The standard InChI is InChI=1S/C12H21N3O2/c1-4-16-12-8-11(14-9-15-12)13-6-5-7-17-10(2)3/h8-10H,4-7H2,1-3H3,(H,13,14,15). The highest BCUT2D eigenvalue weighted by Gasteiger charge is 1.98. The fourth-order valence-corrected chi connectivity index (χ4v) is 1.27. The van der Waals surface area contributed by atoms with Gasteiger partial charge in [-0.3, -0.25) is 0 Å². The Labute approximate surface area is 103 Å². The first kappa shape index (κ1) is 13.7. The van der Waals surface area contributed by atoms with Crippen LogP contribution in [0.5, 0.6) is 5.88 Å². The molecule has 0 fully saturated rings. The number of ether oxygens (including phenoxy) is 2. The highest BCUT2D eigenvalue weighted by molar-refractivity contribution is 5.36. The predicted octanol–water partition coefficient (Wildman–Crippen LogP) is 2.10. The van der Waals surface area contributed by atoms with E-state index in [1.807, 2.05) is 20.8 Å². The molecule has 0 saturated carbocycles. The first-order valence-corrected chi connectivity index (χ1v) is 6.02. The summed E-state index contributed by atoms with van der Waals surface area (Å²) in [5.41, 5.74) is 0. The zero-order valence-electron chi connectivity index (χ0n) is 10.8. The van der Waals surface area contributed by atoms with Gasteiger partial charge in [-0.25, -0.2) is 9.97 Å². The summed E-state index contributed by atoms with van der Waals surface area (Å²) in [6.07, 6.45) is 2.74. The summed E-state index contributed by atoms with van der Waals surface area (Å²) in [7, 11) is 0. The average Bonchev–Trinajstić information content (AvgIpc) is 2.29. The van der Waals surface area contributed by atoms with E-state index in [2.05, 4.69) is 15.3 Å². The molecule has 17 heavy (non-hydrogen) atoms. The lowest BCUT2D eigenvalue weighted by Gasteiger charge is -2.09. The van der Waals surface area contributed by atoms with Crippen molar-refractivity contribution in [3.63, 3.8) is 0 Å². The molecular weight excluding hydrogens is 218 g/mol. The average molecular weight is 239 g/mol. The van der Waals surface area contributed by atoms with Crippen molar-refractivity contribution in [3.8, 4) is 5.88 Å². The second-order valence-corrected chi connectivity index (χ2v) is 3.87. The minimum atomic E-state index is 0.290. The highest BCUT2D eigenvalue weighted by Crippen LogP contribution is 2.10. The first-order chi connectivity index (χ1) is 8.22. The molecule has 1 aromatic heterocycles. The van der Waals surface area contributed by atoms with Crippen LogP contribution in [0, 0.1) is 0 Å².